The van der Waals surface area contributed by atoms with Gasteiger partial charge in [0.1, 0.15) is 11.6 Å². The second-order valence-corrected chi connectivity index (χ2v) is 5.21. The van der Waals surface area contributed by atoms with Crippen LogP contribution < -0.4 is 10.1 Å². The first kappa shape index (κ1) is 15.4. The predicted octanol–water partition coefficient (Wildman–Crippen LogP) is 3.51. The van der Waals surface area contributed by atoms with Crippen molar-refractivity contribution >= 4 is 0 Å². The Bertz CT molecular complexity index is 571. The average molecular weight is 288 g/mol. The molecule has 2 unspecified atom stereocenters. The average Bonchev–Trinajstić information content (AvgIpc) is 2.48. The van der Waals surface area contributed by atoms with Crippen LogP contribution in [0.3, 0.4) is 0 Å². The van der Waals surface area contributed by atoms with E-state index in [2.05, 4.69) is 23.3 Å². The molecule has 3 nitrogen and oxygen atoms in total. The van der Waals surface area contributed by atoms with E-state index in [9.17, 15) is 4.39 Å². The van der Waals surface area contributed by atoms with Gasteiger partial charge in [-0.2, -0.15) is 0 Å². The standard InChI is InChI=1S/C17H21FN2O/c1-12(10-14-6-4-5-7-17(14)21-3)20-13(2)16-9-8-15(18)11-19-16/h4-9,11-13,20H,10H2,1-3H3. The van der Waals surface area contributed by atoms with Crippen molar-refractivity contribution in [1.82, 2.24) is 10.3 Å². The van der Waals surface area contributed by atoms with Crippen molar-refractivity contribution in [3.8, 4) is 5.75 Å². The quantitative estimate of drug-likeness (QED) is 0.883. The van der Waals surface area contributed by atoms with Crippen molar-refractivity contribution in [3.63, 3.8) is 0 Å². The zero-order valence-corrected chi connectivity index (χ0v) is 12.6. The minimum absolute atomic E-state index is 0.0651. The molecule has 0 radical (unpaired) electrons. The van der Waals surface area contributed by atoms with Gasteiger partial charge in [0.25, 0.3) is 0 Å². The highest BCUT2D eigenvalue weighted by Crippen LogP contribution is 2.20. The minimum atomic E-state index is -0.312. The first-order valence-electron chi connectivity index (χ1n) is 7.09. The molecule has 1 aromatic carbocycles. The second-order valence-electron chi connectivity index (χ2n) is 5.21. The molecule has 0 saturated carbocycles. The third-order valence-corrected chi connectivity index (χ3v) is 3.45. The fourth-order valence-corrected chi connectivity index (χ4v) is 2.42. The van der Waals surface area contributed by atoms with Crippen LogP contribution in [0, 0.1) is 5.82 Å². The van der Waals surface area contributed by atoms with Crippen LogP contribution in [0.2, 0.25) is 0 Å². The second kappa shape index (κ2) is 7.18. The Labute approximate surface area is 125 Å². The van der Waals surface area contributed by atoms with Crippen LogP contribution in [0.1, 0.15) is 31.1 Å². The molecule has 1 N–H and O–H groups in total. The van der Waals surface area contributed by atoms with Crippen LogP contribution in [0.4, 0.5) is 4.39 Å². The van der Waals surface area contributed by atoms with Crippen molar-refractivity contribution in [2.75, 3.05) is 7.11 Å². The van der Waals surface area contributed by atoms with E-state index in [0.717, 1.165) is 17.9 Å². The number of pyridine rings is 1. The fraction of sp³-hybridized carbons (Fsp3) is 0.353. The highest BCUT2D eigenvalue weighted by Gasteiger charge is 2.13. The Balaban J connectivity index is 1.97. The SMILES string of the molecule is COc1ccccc1CC(C)NC(C)c1ccc(F)cn1. The number of hydrogen-bond donors (Lipinski definition) is 1. The lowest BCUT2D eigenvalue weighted by molar-refractivity contribution is 0.402. The van der Waals surface area contributed by atoms with Crippen LogP contribution in [0.5, 0.6) is 5.75 Å². The normalized spacial score (nSPS) is 13.7. The monoisotopic (exact) mass is 288 g/mol. The Kier molecular flexibility index (Phi) is 5.28. The molecule has 2 rings (SSSR count). The topological polar surface area (TPSA) is 34.1 Å². The van der Waals surface area contributed by atoms with Gasteiger partial charge in [-0.25, -0.2) is 4.39 Å². The smallest absolute Gasteiger partial charge is 0.141 e. The maximum atomic E-state index is 12.9. The summed E-state index contributed by atoms with van der Waals surface area (Å²) in [5.41, 5.74) is 2.00. The Morgan fingerprint density at radius 1 is 1.19 bits per heavy atom. The van der Waals surface area contributed by atoms with Gasteiger partial charge in [0, 0.05) is 12.1 Å². The van der Waals surface area contributed by atoms with E-state index in [1.165, 1.54) is 17.8 Å². The van der Waals surface area contributed by atoms with Gasteiger partial charge in [-0.3, -0.25) is 4.98 Å². The number of nitrogens with one attached hydrogen (secondary N) is 1. The molecular formula is C17H21FN2O. The molecule has 4 heteroatoms. The molecular weight excluding hydrogens is 267 g/mol. The summed E-state index contributed by atoms with van der Waals surface area (Å²) >= 11 is 0. The Morgan fingerprint density at radius 2 is 1.95 bits per heavy atom. The number of methoxy groups -OCH3 is 1. The van der Waals surface area contributed by atoms with Crippen LogP contribution in [0.25, 0.3) is 0 Å². The van der Waals surface area contributed by atoms with Gasteiger partial charge >= 0.3 is 0 Å². The number of rotatable bonds is 6. The van der Waals surface area contributed by atoms with Crippen molar-refractivity contribution < 1.29 is 9.13 Å². The molecule has 2 aromatic rings. The highest BCUT2D eigenvalue weighted by atomic mass is 19.1. The fourth-order valence-electron chi connectivity index (χ4n) is 2.42. The molecule has 0 aliphatic rings. The van der Waals surface area contributed by atoms with Gasteiger partial charge in [0.2, 0.25) is 0 Å². The molecule has 0 aliphatic heterocycles. The summed E-state index contributed by atoms with van der Waals surface area (Å²) in [4.78, 5) is 4.11. The molecule has 21 heavy (non-hydrogen) atoms. The van der Waals surface area contributed by atoms with Crippen molar-refractivity contribution in [2.45, 2.75) is 32.4 Å². The van der Waals surface area contributed by atoms with Crippen molar-refractivity contribution in [2.24, 2.45) is 0 Å². The molecule has 2 atom stereocenters. The van der Waals surface area contributed by atoms with Gasteiger partial charge in [-0.05, 0) is 44.0 Å². The van der Waals surface area contributed by atoms with E-state index in [4.69, 9.17) is 4.74 Å². The zero-order chi connectivity index (χ0) is 15.2. The molecule has 1 heterocycles. The van der Waals surface area contributed by atoms with Gasteiger partial charge in [-0.15, -0.1) is 0 Å². The van der Waals surface area contributed by atoms with Crippen molar-refractivity contribution in [1.29, 1.82) is 0 Å². The summed E-state index contributed by atoms with van der Waals surface area (Å²) in [5.74, 6) is 0.590. The minimum Gasteiger partial charge on any atom is -0.496 e. The number of benzene rings is 1. The predicted molar refractivity (Wildman–Crippen MR) is 81.9 cm³/mol. The number of hydrogen-bond acceptors (Lipinski definition) is 3. The summed E-state index contributed by atoms with van der Waals surface area (Å²) in [7, 11) is 1.68. The summed E-state index contributed by atoms with van der Waals surface area (Å²) in [6.07, 6.45) is 2.11. The first-order valence-corrected chi connectivity index (χ1v) is 7.09. The summed E-state index contributed by atoms with van der Waals surface area (Å²) in [6, 6.07) is 11.5. The van der Waals surface area contributed by atoms with Crippen molar-refractivity contribution in [3.05, 3.63) is 59.7 Å². The largest absolute Gasteiger partial charge is 0.496 e. The lowest BCUT2D eigenvalue weighted by Crippen LogP contribution is -2.31. The maximum absolute atomic E-state index is 12.9. The van der Waals surface area contributed by atoms with Gasteiger partial charge < -0.3 is 10.1 Å². The van der Waals surface area contributed by atoms with E-state index < -0.39 is 0 Å². The molecule has 0 saturated heterocycles. The highest BCUT2D eigenvalue weighted by molar-refractivity contribution is 5.33. The summed E-state index contributed by atoms with van der Waals surface area (Å²) in [6.45, 7) is 4.14. The molecule has 0 bridgehead atoms. The van der Waals surface area contributed by atoms with Crippen LogP contribution in [0.15, 0.2) is 42.6 Å². The Morgan fingerprint density at radius 3 is 2.62 bits per heavy atom. The van der Waals surface area contributed by atoms with E-state index in [0.29, 0.717) is 0 Å². The third-order valence-electron chi connectivity index (χ3n) is 3.45. The molecule has 0 fully saturated rings. The van der Waals surface area contributed by atoms with Gasteiger partial charge in [0.15, 0.2) is 0 Å². The zero-order valence-electron chi connectivity index (χ0n) is 12.6. The van der Waals surface area contributed by atoms with Gasteiger partial charge in [-0.1, -0.05) is 18.2 Å². The molecule has 0 spiro atoms. The lowest BCUT2D eigenvalue weighted by Gasteiger charge is -2.20. The van der Waals surface area contributed by atoms with Crippen LogP contribution in [-0.4, -0.2) is 18.1 Å². The summed E-state index contributed by atoms with van der Waals surface area (Å²) in [5, 5.41) is 3.47. The van der Waals surface area contributed by atoms with E-state index in [-0.39, 0.29) is 17.9 Å². The van der Waals surface area contributed by atoms with Gasteiger partial charge in [0.05, 0.1) is 19.0 Å². The van der Waals surface area contributed by atoms with E-state index in [1.54, 1.807) is 13.2 Å². The molecule has 0 aliphatic carbocycles. The van der Waals surface area contributed by atoms with E-state index in [1.807, 2.05) is 25.1 Å². The number of ether oxygens (including phenoxy) is 1. The first-order chi connectivity index (χ1) is 10.1. The Hall–Kier alpha value is -1.94. The maximum Gasteiger partial charge on any atom is 0.141 e. The third kappa shape index (κ3) is 4.26. The molecule has 112 valence electrons. The molecule has 0 amide bonds. The van der Waals surface area contributed by atoms with Crippen LogP contribution >= 0.6 is 0 Å². The number of aromatic nitrogens is 1. The summed E-state index contributed by atoms with van der Waals surface area (Å²) < 4.78 is 18.3. The number of halogens is 1. The van der Waals surface area contributed by atoms with Crippen LogP contribution in [-0.2, 0) is 6.42 Å². The number of nitrogens with zero attached hydrogens (tertiary/aromatic N) is 1. The molecule has 1 aromatic heterocycles. The lowest BCUT2D eigenvalue weighted by atomic mass is 10.0. The van der Waals surface area contributed by atoms with E-state index >= 15 is 0 Å². The number of para-hydroxylation sites is 1.